The van der Waals surface area contributed by atoms with Crippen LogP contribution in [0.4, 0.5) is 0 Å². The predicted molar refractivity (Wildman–Crippen MR) is 86.2 cm³/mol. The van der Waals surface area contributed by atoms with Gasteiger partial charge in [0.1, 0.15) is 11.6 Å². The minimum absolute atomic E-state index is 0.0629. The number of rotatable bonds is 6. The van der Waals surface area contributed by atoms with E-state index < -0.39 is 0 Å². The maximum absolute atomic E-state index is 4.26. The molecule has 1 heterocycles. The predicted octanol–water partition coefficient (Wildman–Crippen LogP) is 2.83. The lowest BCUT2D eigenvalue weighted by Gasteiger charge is -2.33. The van der Waals surface area contributed by atoms with Gasteiger partial charge in [0, 0.05) is 24.9 Å². The Kier molecular flexibility index (Phi) is 4.78. The first kappa shape index (κ1) is 15.7. The maximum atomic E-state index is 4.26. The second kappa shape index (κ2) is 6.39. The monoisotopic (exact) mass is 286 g/mol. The molecule has 0 amide bonds. The highest BCUT2D eigenvalue weighted by molar-refractivity contribution is 5.25. The third-order valence-corrected chi connectivity index (χ3v) is 4.54. The Balaban J connectivity index is 2.04. The maximum Gasteiger partial charge on any atom is 0.146 e. The summed E-state index contributed by atoms with van der Waals surface area (Å²) in [5.41, 5.74) is 1.41. The normalized spacial score (nSPS) is 13.4. The van der Waals surface area contributed by atoms with Crippen molar-refractivity contribution in [2.24, 2.45) is 7.05 Å². The Bertz CT molecular complexity index is 572. The number of hydrogen-bond acceptors (Lipinski definition) is 3. The lowest BCUT2D eigenvalue weighted by molar-refractivity contribution is 0.356. The van der Waals surface area contributed by atoms with Gasteiger partial charge in [0.15, 0.2) is 0 Å². The highest BCUT2D eigenvalue weighted by atomic mass is 15.3. The molecule has 1 N–H and O–H groups in total. The fourth-order valence-electron chi connectivity index (χ4n) is 2.48. The summed E-state index contributed by atoms with van der Waals surface area (Å²) in [6.45, 7) is 9.61. The van der Waals surface area contributed by atoms with Gasteiger partial charge in [-0.05, 0) is 12.5 Å². The summed E-state index contributed by atoms with van der Waals surface area (Å²) in [7, 11) is 2.03. The first-order chi connectivity index (χ1) is 9.96. The first-order valence-corrected chi connectivity index (χ1v) is 7.62. The van der Waals surface area contributed by atoms with Crippen molar-refractivity contribution in [1.29, 1.82) is 0 Å². The van der Waals surface area contributed by atoms with Gasteiger partial charge in [0.05, 0.1) is 6.54 Å². The largest absolute Gasteiger partial charge is 0.317 e. The molecule has 0 radical (unpaired) electrons. The van der Waals surface area contributed by atoms with Crippen LogP contribution in [0.25, 0.3) is 0 Å². The van der Waals surface area contributed by atoms with Crippen LogP contribution in [0.5, 0.6) is 0 Å². The molecule has 0 aliphatic heterocycles. The average Bonchev–Trinajstić information content (AvgIpc) is 2.85. The fraction of sp³-hybridized carbons (Fsp3) is 0.529. The van der Waals surface area contributed by atoms with Crippen LogP contribution in [-0.4, -0.2) is 20.8 Å². The molecule has 114 valence electrons. The van der Waals surface area contributed by atoms with Crippen molar-refractivity contribution in [2.75, 3.05) is 0 Å². The van der Waals surface area contributed by atoms with Crippen LogP contribution < -0.4 is 5.32 Å². The average molecular weight is 286 g/mol. The van der Waals surface area contributed by atoms with Crippen molar-refractivity contribution in [2.45, 2.75) is 52.1 Å². The van der Waals surface area contributed by atoms with E-state index in [-0.39, 0.29) is 5.41 Å². The van der Waals surface area contributed by atoms with E-state index in [1.54, 1.807) is 0 Å². The summed E-state index contributed by atoms with van der Waals surface area (Å²) >= 11 is 0. The van der Waals surface area contributed by atoms with Gasteiger partial charge in [0.2, 0.25) is 0 Å². The molecule has 0 unspecified atom stereocenters. The lowest BCUT2D eigenvalue weighted by atomic mass is 9.78. The summed E-state index contributed by atoms with van der Waals surface area (Å²) < 4.78 is 2.08. The Morgan fingerprint density at radius 2 is 1.76 bits per heavy atom. The molecule has 4 nitrogen and oxygen atoms in total. The zero-order chi connectivity index (χ0) is 15.5. The highest BCUT2D eigenvalue weighted by Crippen LogP contribution is 2.26. The summed E-state index contributed by atoms with van der Waals surface area (Å²) in [6, 6.07) is 11.0. The van der Waals surface area contributed by atoms with Crippen LogP contribution in [0.3, 0.4) is 0 Å². The zero-order valence-corrected chi connectivity index (χ0v) is 13.7. The van der Waals surface area contributed by atoms with E-state index in [2.05, 4.69) is 78.1 Å². The van der Waals surface area contributed by atoms with Gasteiger partial charge in [-0.25, -0.2) is 0 Å². The molecule has 1 aromatic carbocycles. The van der Waals surface area contributed by atoms with Gasteiger partial charge in [-0.2, -0.15) is 0 Å². The van der Waals surface area contributed by atoms with Crippen LogP contribution >= 0.6 is 0 Å². The van der Waals surface area contributed by atoms with E-state index in [0.717, 1.165) is 24.6 Å². The third kappa shape index (κ3) is 3.32. The van der Waals surface area contributed by atoms with E-state index in [4.69, 9.17) is 0 Å². The van der Waals surface area contributed by atoms with Gasteiger partial charge in [-0.3, -0.25) is 0 Å². The minimum atomic E-state index is 0.0629. The van der Waals surface area contributed by atoms with Crippen LogP contribution in [-0.2, 0) is 25.4 Å². The van der Waals surface area contributed by atoms with Crippen molar-refractivity contribution in [1.82, 2.24) is 20.1 Å². The van der Waals surface area contributed by atoms with E-state index in [1.807, 2.05) is 7.05 Å². The molecule has 0 spiro atoms. The molecule has 0 aliphatic carbocycles. The van der Waals surface area contributed by atoms with Crippen molar-refractivity contribution >= 4 is 0 Å². The Morgan fingerprint density at radius 1 is 1.14 bits per heavy atom. The number of nitrogens with one attached hydrogen (secondary N) is 1. The number of nitrogens with zero attached hydrogens (tertiary/aromatic N) is 3. The Morgan fingerprint density at radius 3 is 2.33 bits per heavy atom. The standard InChI is InChI=1S/C17H26N4/c1-6-15-19-20-16(21(15)5)12-18-13(2)17(3,4)14-10-8-7-9-11-14/h7-11,13,18H,6,12H2,1-5H3/t13-/m0/s1. The van der Waals surface area contributed by atoms with Crippen LogP contribution in [0.1, 0.15) is 44.9 Å². The molecule has 2 rings (SSSR count). The molecule has 0 saturated heterocycles. The third-order valence-electron chi connectivity index (χ3n) is 4.54. The molecular formula is C17H26N4. The number of aromatic nitrogens is 3. The van der Waals surface area contributed by atoms with Crippen LogP contribution in [0.15, 0.2) is 30.3 Å². The minimum Gasteiger partial charge on any atom is -0.317 e. The number of hydrogen-bond donors (Lipinski definition) is 1. The zero-order valence-electron chi connectivity index (χ0n) is 13.7. The van der Waals surface area contributed by atoms with Gasteiger partial charge in [-0.1, -0.05) is 51.1 Å². The van der Waals surface area contributed by atoms with Gasteiger partial charge in [0.25, 0.3) is 0 Å². The summed E-state index contributed by atoms with van der Waals surface area (Å²) in [4.78, 5) is 0. The number of benzene rings is 1. The first-order valence-electron chi connectivity index (χ1n) is 7.62. The van der Waals surface area contributed by atoms with Crippen molar-refractivity contribution < 1.29 is 0 Å². The summed E-state index contributed by atoms with van der Waals surface area (Å²) in [5, 5.41) is 12.1. The fourth-order valence-corrected chi connectivity index (χ4v) is 2.48. The molecule has 1 aromatic heterocycles. The molecule has 0 saturated carbocycles. The molecule has 21 heavy (non-hydrogen) atoms. The molecule has 0 bridgehead atoms. The van der Waals surface area contributed by atoms with Crippen molar-refractivity contribution in [3.05, 3.63) is 47.5 Å². The molecule has 1 atom stereocenters. The van der Waals surface area contributed by atoms with E-state index in [1.165, 1.54) is 5.56 Å². The highest BCUT2D eigenvalue weighted by Gasteiger charge is 2.27. The SMILES string of the molecule is CCc1nnc(CN[C@@H](C)C(C)(C)c2ccccc2)n1C. The quantitative estimate of drug-likeness (QED) is 0.888. The topological polar surface area (TPSA) is 42.7 Å². The second-order valence-electron chi connectivity index (χ2n) is 6.14. The molecule has 0 fully saturated rings. The molecule has 4 heteroatoms. The van der Waals surface area contributed by atoms with Gasteiger partial charge >= 0.3 is 0 Å². The van der Waals surface area contributed by atoms with Crippen molar-refractivity contribution in [3.63, 3.8) is 0 Å². The van der Waals surface area contributed by atoms with E-state index in [0.29, 0.717) is 6.04 Å². The molecule has 0 aliphatic rings. The summed E-state index contributed by atoms with van der Waals surface area (Å²) in [6.07, 6.45) is 0.911. The van der Waals surface area contributed by atoms with E-state index in [9.17, 15) is 0 Å². The van der Waals surface area contributed by atoms with Crippen molar-refractivity contribution in [3.8, 4) is 0 Å². The Labute approximate surface area is 127 Å². The molecular weight excluding hydrogens is 260 g/mol. The van der Waals surface area contributed by atoms with E-state index >= 15 is 0 Å². The summed E-state index contributed by atoms with van der Waals surface area (Å²) in [5.74, 6) is 2.02. The Hall–Kier alpha value is -1.68. The van der Waals surface area contributed by atoms with Crippen LogP contribution in [0, 0.1) is 0 Å². The molecule has 2 aromatic rings. The number of aryl methyl sites for hydroxylation is 1. The lowest BCUT2D eigenvalue weighted by Crippen LogP contribution is -2.42. The van der Waals surface area contributed by atoms with Gasteiger partial charge < -0.3 is 9.88 Å². The van der Waals surface area contributed by atoms with Gasteiger partial charge in [-0.15, -0.1) is 10.2 Å². The smallest absolute Gasteiger partial charge is 0.146 e. The van der Waals surface area contributed by atoms with Crippen LogP contribution in [0.2, 0.25) is 0 Å². The second-order valence-corrected chi connectivity index (χ2v) is 6.14.